The van der Waals surface area contributed by atoms with Gasteiger partial charge in [0.15, 0.2) is 0 Å². The highest BCUT2D eigenvalue weighted by Crippen LogP contribution is 2.29. The summed E-state index contributed by atoms with van der Waals surface area (Å²) in [5.74, 6) is 1.90. The van der Waals surface area contributed by atoms with E-state index in [4.69, 9.17) is 0 Å². The Morgan fingerprint density at radius 3 is 2.76 bits per heavy atom. The lowest BCUT2D eigenvalue weighted by atomic mass is 9.81. The molecule has 3 rings (SSSR count). The molecule has 0 saturated heterocycles. The number of pyridine rings is 1. The number of hydrogen-bond acceptors (Lipinski definition) is 2. The number of nitrogens with zero attached hydrogens (tertiary/aromatic N) is 1. The van der Waals surface area contributed by atoms with Gasteiger partial charge in [0.1, 0.15) is 0 Å². The van der Waals surface area contributed by atoms with Crippen LogP contribution in [-0.4, -0.2) is 11.5 Å². The van der Waals surface area contributed by atoms with Gasteiger partial charge in [0.25, 0.3) is 0 Å². The standard InChI is InChI=1S/C19H26N2/c1-15-6-8-16(9-7-15)10-12-20-14-17-11-13-21-19-5-3-2-4-18(17)19/h2-5,11,13,15-16,20H,6-10,12,14H2,1H3. The quantitative estimate of drug-likeness (QED) is 0.814. The second kappa shape index (κ2) is 7.04. The molecule has 1 N–H and O–H groups in total. The van der Waals surface area contributed by atoms with Gasteiger partial charge in [0.05, 0.1) is 5.52 Å². The predicted octanol–water partition coefficient (Wildman–Crippen LogP) is 4.54. The lowest BCUT2D eigenvalue weighted by Gasteiger charge is -2.26. The van der Waals surface area contributed by atoms with E-state index in [0.29, 0.717) is 0 Å². The summed E-state index contributed by atoms with van der Waals surface area (Å²) in [6.45, 7) is 4.48. The van der Waals surface area contributed by atoms with E-state index in [2.05, 4.69) is 47.6 Å². The zero-order valence-electron chi connectivity index (χ0n) is 13.0. The molecule has 1 aliphatic rings. The molecule has 0 aliphatic heterocycles. The molecule has 0 spiro atoms. The van der Waals surface area contributed by atoms with Crippen molar-refractivity contribution in [2.24, 2.45) is 11.8 Å². The Morgan fingerprint density at radius 1 is 1.10 bits per heavy atom. The van der Waals surface area contributed by atoms with Gasteiger partial charge in [-0.1, -0.05) is 50.8 Å². The van der Waals surface area contributed by atoms with Crippen molar-refractivity contribution >= 4 is 10.9 Å². The topological polar surface area (TPSA) is 24.9 Å². The van der Waals surface area contributed by atoms with Gasteiger partial charge in [0, 0.05) is 18.1 Å². The molecule has 0 unspecified atom stereocenters. The maximum Gasteiger partial charge on any atom is 0.0705 e. The molecule has 0 atom stereocenters. The van der Waals surface area contributed by atoms with E-state index < -0.39 is 0 Å². The third kappa shape index (κ3) is 3.82. The molecular formula is C19H26N2. The van der Waals surface area contributed by atoms with E-state index >= 15 is 0 Å². The molecule has 1 heterocycles. The van der Waals surface area contributed by atoms with Crippen molar-refractivity contribution in [3.63, 3.8) is 0 Å². The molecule has 2 heteroatoms. The molecule has 2 aromatic rings. The van der Waals surface area contributed by atoms with Crippen molar-refractivity contribution in [2.75, 3.05) is 6.54 Å². The van der Waals surface area contributed by atoms with E-state index in [-0.39, 0.29) is 0 Å². The molecule has 0 bridgehead atoms. The van der Waals surface area contributed by atoms with Crippen LogP contribution in [-0.2, 0) is 6.54 Å². The van der Waals surface area contributed by atoms with Crippen LogP contribution < -0.4 is 5.32 Å². The van der Waals surface area contributed by atoms with Gasteiger partial charge < -0.3 is 5.32 Å². The molecule has 2 nitrogen and oxygen atoms in total. The highest BCUT2D eigenvalue weighted by molar-refractivity contribution is 5.81. The minimum Gasteiger partial charge on any atom is -0.313 e. The smallest absolute Gasteiger partial charge is 0.0705 e. The van der Waals surface area contributed by atoms with Crippen molar-refractivity contribution < 1.29 is 0 Å². The Kier molecular flexibility index (Phi) is 4.87. The number of para-hydroxylation sites is 1. The van der Waals surface area contributed by atoms with Gasteiger partial charge >= 0.3 is 0 Å². The predicted molar refractivity (Wildman–Crippen MR) is 89.2 cm³/mol. The molecule has 1 aliphatic carbocycles. The minimum absolute atomic E-state index is 0.947. The summed E-state index contributed by atoms with van der Waals surface area (Å²) >= 11 is 0. The normalized spacial score (nSPS) is 22.5. The average molecular weight is 282 g/mol. The molecule has 1 saturated carbocycles. The highest BCUT2D eigenvalue weighted by Gasteiger charge is 2.17. The SMILES string of the molecule is CC1CCC(CCNCc2ccnc3ccccc23)CC1. The first-order valence-corrected chi connectivity index (χ1v) is 8.36. The van der Waals surface area contributed by atoms with Crippen LogP contribution in [0.3, 0.4) is 0 Å². The second-order valence-electron chi connectivity index (χ2n) is 6.58. The summed E-state index contributed by atoms with van der Waals surface area (Å²) in [7, 11) is 0. The number of rotatable bonds is 5. The van der Waals surface area contributed by atoms with E-state index in [0.717, 1.165) is 30.4 Å². The number of hydrogen-bond donors (Lipinski definition) is 1. The van der Waals surface area contributed by atoms with Crippen LogP contribution in [0.15, 0.2) is 36.5 Å². The average Bonchev–Trinajstić information content (AvgIpc) is 2.53. The minimum atomic E-state index is 0.947. The van der Waals surface area contributed by atoms with E-state index in [1.807, 2.05) is 6.20 Å². The van der Waals surface area contributed by atoms with Crippen molar-refractivity contribution in [3.05, 3.63) is 42.1 Å². The lowest BCUT2D eigenvalue weighted by molar-refractivity contribution is 0.275. The lowest BCUT2D eigenvalue weighted by Crippen LogP contribution is -2.20. The Bertz CT molecular complexity index is 565. The third-order valence-electron chi connectivity index (χ3n) is 4.92. The van der Waals surface area contributed by atoms with Crippen molar-refractivity contribution in [2.45, 2.75) is 45.6 Å². The number of fused-ring (bicyclic) bond motifs is 1. The van der Waals surface area contributed by atoms with Crippen molar-refractivity contribution in [1.82, 2.24) is 10.3 Å². The fourth-order valence-electron chi connectivity index (χ4n) is 3.46. The summed E-state index contributed by atoms with van der Waals surface area (Å²) in [4.78, 5) is 4.42. The first-order valence-electron chi connectivity index (χ1n) is 8.36. The summed E-state index contributed by atoms with van der Waals surface area (Å²) in [5, 5.41) is 4.90. The van der Waals surface area contributed by atoms with Crippen LogP contribution in [0.25, 0.3) is 10.9 Å². The third-order valence-corrected chi connectivity index (χ3v) is 4.92. The van der Waals surface area contributed by atoms with Gasteiger partial charge in [-0.2, -0.15) is 0 Å². The Morgan fingerprint density at radius 2 is 1.90 bits per heavy atom. The van der Waals surface area contributed by atoms with Gasteiger partial charge in [-0.05, 0) is 42.5 Å². The van der Waals surface area contributed by atoms with Crippen LogP contribution >= 0.6 is 0 Å². The number of benzene rings is 1. The zero-order valence-corrected chi connectivity index (χ0v) is 13.0. The fourth-order valence-corrected chi connectivity index (χ4v) is 3.46. The zero-order chi connectivity index (χ0) is 14.5. The van der Waals surface area contributed by atoms with E-state index in [1.165, 1.54) is 43.1 Å². The molecular weight excluding hydrogens is 256 g/mol. The number of nitrogens with one attached hydrogen (secondary N) is 1. The van der Waals surface area contributed by atoms with Crippen molar-refractivity contribution in [1.29, 1.82) is 0 Å². The Hall–Kier alpha value is -1.41. The molecule has 0 radical (unpaired) electrons. The van der Waals surface area contributed by atoms with E-state index in [1.54, 1.807) is 0 Å². The monoisotopic (exact) mass is 282 g/mol. The Labute approximate surface area is 128 Å². The van der Waals surface area contributed by atoms with Crippen molar-refractivity contribution in [3.8, 4) is 0 Å². The van der Waals surface area contributed by atoms with Gasteiger partial charge in [0.2, 0.25) is 0 Å². The Balaban J connectivity index is 1.48. The molecule has 0 amide bonds. The highest BCUT2D eigenvalue weighted by atomic mass is 14.8. The molecule has 21 heavy (non-hydrogen) atoms. The first-order chi connectivity index (χ1) is 10.3. The molecule has 1 aromatic heterocycles. The first kappa shape index (κ1) is 14.5. The van der Waals surface area contributed by atoms with Crippen LogP contribution in [0.2, 0.25) is 0 Å². The van der Waals surface area contributed by atoms with Crippen LogP contribution in [0, 0.1) is 11.8 Å². The molecule has 112 valence electrons. The second-order valence-corrected chi connectivity index (χ2v) is 6.58. The summed E-state index contributed by atoms with van der Waals surface area (Å²) in [5.41, 5.74) is 2.45. The molecule has 1 aromatic carbocycles. The number of aromatic nitrogens is 1. The van der Waals surface area contributed by atoms with Crippen LogP contribution in [0.1, 0.15) is 44.6 Å². The summed E-state index contributed by atoms with van der Waals surface area (Å²) < 4.78 is 0. The summed E-state index contributed by atoms with van der Waals surface area (Å²) in [6, 6.07) is 10.5. The fraction of sp³-hybridized carbons (Fsp3) is 0.526. The maximum atomic E-state index is 4.42. The maximum absolute atomic E-state index is 4.42. The van der Waals surface area contributed by atoms with Crippen LogP contribution in [0.4, 0.5) is 0 Å². The van der Waals surface area contributed by atoms with Gasteiger partial charge in [-0.15, -0.1) is 0 Å². The van der Waals surface area contributed by atoms with Crippen LogP contribution in [0.5, 0.6) is 0 Å². The molecule has 1 fully saturated rings. The van der Waals surface area contributed by atoms with Gasteiger partial charge in [-0.3, -0.25) is 4.98 Å². The van der Waals surface area contributed by atoms with Gasteiger partial charge in [-0.25, -0.2) is 0 Å². The van der Waals surface area contributed by atoms with E-state index in [9.17, 15) is 0 Å². The summed E-state index contributed by atoms with van der Waals surface area (Å²) in [6.07, 6.45) is 8.97. The largest absolute Gasteiger partial charge is 0.313 e.